The van der Waals surface area contributed by atoms with Gasteiger partial charge in [0.05, 0.1) is 4.90 Å². The molecule has 8 heteroatoms. The van der Waals surface area contributed by atoms with Crippen molar-refractivity contribution in [3.63, 3.8) is 0 Å². The first-order valence-corrected chi connectivity index (χ1v) is 11.0. The maximum atomic E-state index is 12.4. The van der Waals surface area contributed by atoms with E-state index >= 15 is 0 Å². The van der Waals surface area contributed by atoms with Crippen LogP contribution in [0.5, 0.6) is 0 Å². The van der Waals surface area contributed by atoms with E-state index in [0.29, 0.717) is 16.4 Å². The van der Waals surface area contributed by atoms with Gasteiger partial charge < -0.3 is 5.32 Å². The second-order valence-electron chi connectivity index (χ2n) is 7.25. The molecule has 0 saturated heterocycles. The number of anilines is 2. The van der Waals surface area contributed by atoms with E-state index in [0.717, 1.165) is 5.56 Å². The molecule has 3 rings (SSSR count). The van der Waals surface area contributed by atoms with Gasteiger partial charge in [-0.05, 0) is 47.4 Å². The number of hydrogen-bond donors (Lipinski definition) is 2. The molecule has 0 atom stereocenters. The molecule has 6 nitrogen and oxygen atoms in total. The van der Waals surface area contributed by atoms with E-state index in [1.807, 2.05) is 12.1 Å². The minimum atomic E-state index is -3.71. The van der Waals surface area contributed by atoms with Crippen molar-refractivity contribution in [2.45, 2.75) is 31.1 Å². The zero-order chi connectivity index (χ0) is 20.4. The lowest BCUT2D eigenvalue weighted by Crippen LogP contribution is -2.15. The Kier molecular flexibility index (Phi) is 5.53. The van der Waals surface area contributed by atoms with Gasteiger partial charge >= 0.3 is 0 Å². The standard InChI is InChI=1S/C20H21N3O3S2/c1-20(2,3)15-6-4-14(5-7-15)18(24)22-16-8-10-17(11-9-16)28(25,26)23-19-21-12-13-27-19/h4-13H,1-3H3,(H,21,23)(H,22,24). The van der Waals surface area contributed by atoms with E-state index in [2.05, 4.69) is 35.8 Å². The molecule has 2 N–H and O–H groups in total. The Morgan fingerprint density at radius 3 is 2.18 bits per heavy atom. The lowest BCUT2D eigenvalue weighted by molar-refractivity contribution is 0.102. The lowest BCUT2D eigenvalue weighted by Gasteiger charge is -2.19. The fourth-order valence-corrected chi connectivity index (χ4v) is 4.28. The Morgan fingerprint density at radius 1 is 1.00 bits per heavy atom. The van der Waals surface area contributed by atoms with Crippen molar-refractivity contribution in [2.75, 3.05) is 10.0 Å². The van der Waals surface area contributed by atoms with Crippen molar-refractivity contribution in [3.8, 4) is 0 Å². The third-order valence-electron chi connectivity index (χ3n) is 4.09. The summed E-state index contributed by atoms with van der Waals surface area (Å²) in [7, 11) is -3.71. The van der Waals surface area contributed by atoms with E-state index in [1.165, 1.54) is 29.7 Å². The second-order valence-corrected chi connectivity index (χ2v) is 9.83. The van der Waals surface area contributed by atoms with Gasteiger partial charge in [-0.25, -0.2) is 13.4 Å². The molecule has 0 aliphatic rings. The Hall–Kier alpha value is -2.71. The zero-order valence-electron chi connectivity index (χ0n) is 15.8. The molecule has 1 aromatic heterocycles. The Bertz CT molecular complexity index is 1050. The first kappa shape index (κ1) is 20.0. The number of thiazole rings is 1. The van der Waals surface area contributed by atoms with Crippen molar-refractivity contribution >= 4 is 38.1 Å². The van der Waals surface area contributed by atoms with E-state index in [1.54, 1.807) is 29.6 Å². The van der Waals surface area contributed by atoms with Crippen molar-refractivity contribution in [2.24, 2.45) is 0 Å². The van der Waals surface area contributed by atoms with Crippen molar-refractivity contribution in [3.05, 3.63) is 71.2 Å². The number of nitrogens with one attached hydrogen (secondary N) is 2. The predicted octanol–water partition coefficient (Wildman–Crippen LogP) is 4.49. The van der Waals surface area contributed by atoms with E-state index in [9.17, 15) is 13.2 Å². The van der Waals surface area contributed by atoms with Crippen LogP contribution in [0.25, 0.3) is 0 Å². The van der Waals surface area contributed by atoms with Crippen LogP contribution in [0.4, 0.5) is 10.8 Å². The third-order valence-corrected chi connectivity index (χ3v) is 6.26. The Morgan fingerprint density at radius 2 is 1.64 bits per heavy atom. The number of sulfonamides is 1. The summed E-state index contributed by atoms with van der Waals surface area (Å²) in [5, 5.41) is 4.76. The van der Waals surface area contributed by atoms with Crippen molar-refractivity contribution < 1.29 is 13.2 Å². The van der Waals surface area contributed by atoms with Crippen LogP contribution in [0, 0.1) is 0 Å². The summed E-state index contributed by atoms with van der Waals surface area (Å²) in [6.07, 6.45) is 1.52. The predicted molar refractivity (Wildman–Crippen MR) is 112 cm³/mol. The molecule has 0 radical (unpaired) electrons. The maximum Gasteiger partial charge on any atom is 0.263 e. The van der Waals surface area contributed by atoms with Crippen LogP contribution in [0.2, 0.25) is 0 Å². The fraction of sp³-hybridized carbons (Fsp3) is 0.200. The van der Waals surface area contributed by atoms with Crippen LogP contribution >= 0.6 is 11.3 Å². The van der Waals surface area contributed by atoms with Crippen LogP contribution in [0.3, 0.4) is 0 Å². The third kappa shape index (κ3) is 4.76. The second kappa shape index (κ2) is 7.73. The minimum Gasteiger partial charge on any atom is -0.322 e. The number of aromatic nitrogens is 1. The SMILES string of the molecule is CC(C)(C)c1ccc(C(=O)Nc2ccc(S(=O)(=O)Nc3nccs3)cc2)cc1. The Balaban J connectivity index is 1.69. The molecule has 3 aromatic rings. The summed E-state index contributed by atoms with van der Waals surface area (Å²) in [6.45, 7) is 6.34. The maximum absolute atomic E-state index is 12.4. The van der Waals surface area contributed by atoms with Gasteiger partial charge in [0.1, 0.15) is 0 Å². The molecule has 1 heterocycles. The van der Waals surface area contributed by atoms with E-state index < -0.39 is 10.0 Å². The molecule has 0 aliphatic heterocycles. The molecule has 146 valence electrons. The van der Waals surface area contributed by atoms with Gasteiger partial charge in [-0.15, -0.1) is 11.3 Å². The van der Waals surface area contributed by atoms with Gasteiger partial charge in [-0.2, -0.15) is 0 Å². The van der Waals surface area contributed by atoms with Crippen LogP contribution in [0.15, 0.2) is 65.0 Å². The molecule has 0 unspecified atom stereocenters. The fourth-order valence-electron chi connectivity index (χ4n) is 2.49. The van der Waals surface area contributed by atoms with Crippen LogP contribution in [0.1, 0.15) is 36.7 Å². The van der Waals surface area contributed by atoms with Crippen LogP contribution in [-0.2, 0) is 15.4 Å². The highest BCUT2D eigenvalue weighted by Crippen LogP contribution is 2.23. The zero-order valence-corrected chi connectivity index (χ0v) is 17.4. The van der Waals surface area contributed by atoms with Gasteiger partial charge in [-0.3, -0.25) is 9.52 Å². The summed E-state index contributed by atoms with van der Waals surface area (Å²) in [5.74, 6) is -0.253. The molecule has 0 saturated carbocycles. The van der Waals surface area contributed by atoms with E-state index in [-0.39, 0.29) is 16.2 Å². The molecule has 0 bridgehead atoms. The average molecular weight is 416 g/mol. The normalized spacial score (nSPS) is 11.8. The summed E-state index contributed by atoms with van der Waals surface area (Å²) < 4.78 is 27.1. The monoisotopic (exact) mass is 415 g/mol. The first-order chi connectivity index (χ1) is 13.1. The smallest absolute Gasteiger partial charge is 0.263 e. The molecule has 0 aliphatic carbocycles. The number of benzene rings is 2. The summed E-state index contributed by atoms with van der Waals surface area (Å²) in [4.78, 5) is 16.4. The average Bonchev–Trinajstić information content (AvgIpc) is 3.14. The number of carbonyl (C=O) groups excluding carboxylic acids is 1. The van der Waals surface area contributed by atoms with Gasteiger partial charge in [-0.1, -0.05) is 32.9 Å². The first-order valence-electron chi connectivity index (χ1n) is 8.59. The molecule has 1 amide bonds. The van der Waals surface area contributed by atoms with Gasteiger partial charge in [0, 0.05) is 22.8 Å². The molecular formula is C20H21N3O3S2. The topological polar surface area (TPSA) is 88.2 Å². The molecule has 2 aromatic carbocycles. The van der Waals surface area contributed by atoms with Crippen LogP contribution < -0.4 is 10.0 Å². The van der Waals surface area contributed by atoms with Crippen molar-refractivity contribution in [1.82, 2.24) is 4.98 Å². The minimum absolute atomic E-state index is 0.0169. The number of amides is 1. The number of carbonyl (C=O) groups is 1. The highest BCUT2D eigenvalue weighted by atomic mass is 32.2. The summed E-state index contributed by atoms with van der Waals surface area (Å²) in [5.41, 5.74) is 2.21. The highest BCUT2D eigenvalue weighted by molar-refractivity contribution is 7.93. The van der Waals surface area contributed by atoms with E-state index in [4.69, 9.17) is 0 Å². The number of nitrogens with zero attached hydrogens (tertiary/aromatic N) is 1. The lowest BCUT2D eigenvalue weighted by atomic mass is 9.87. The number of hydrogen-bond acceptors (Lipinski definition) is 5. The highest BCUT2D eigenvalue weighted by Gasteiger charge is 2.16. The molecule has 0 spiro atoms. The molecular weight excluding hydrogens is 394 g/mol. The molecule has 0 fully saturated rings. The van der Waals surface area contributed by atoms with Gasteiger partial charge in [0.2, 0.25) is 0 Å². The quantitative estimate of drug-likeness (QED) is 0.642. The van der Waals surface area contributed by atoms with Gasteiger partial charge in [0.25, 0.3) is 15.9 Å². The van der Waals surface area contributed by atoms with Crippen molar-refractivity contribution in [1.29, 1.82) is 0 Å². The molecule has 28 heavy (non-hydrogen) atoms. The Labute approximate surface area is 168 Å². The largest absolute Gasteiger partial charge is 0.322 e. The number of rotatable bonds is 5. The summed E-state index contributed by atoms with van der Waals surface area (Å²) >= 11 is 1.20. The van der Waals surface area contributed by atoms with Gasteiger partial charge in [0.15, 0.2) is 5.13 Å². The van der Waals surface area contributed by atoms with Crippen LogP contribution in [-0.4, -0.2) is 19.3 Å². The summed E-state index contributed by atoms with van der Waals surface area (Å²) in [6, 6.07) is 13.4.